The maximum atomic E-state index is 2.44. The lowest BCUT2D eigenvalue weighted by Gasteiger charge is -2.20. The smallest absolute Gasteiger partial charge is 0.0656 e. The minimum atomic E-state index is -1.15. The molecule has 0 amide bonds. The highest BCUT2D eigenvalue weighted by atomic mass is 28.3. The topological polar surface area (TPSA) is 0 Å². The van der Waals surface area contributed by atoms with Gasteiger partial charge in [0.05, 0.1) is 8.07 Å². The summed E-state index contributed by atoms with van der Waals surface area (Å²) < 4.78 is 0. The molecule has 0 radical (unpaired) electrons. The molecule has 0 atom stereocenters. The molecule has 1 aromatic carbocycles. The monoisotopic (exact) mass is 234 g/mol. The minimum Gasteiger partial charge on any atom is -0.0656 e. The number of aryl methyl sites for hydroxylation is 1. The van der Waals surface area contributed by atoms with Crippen LogP contribution in [0, 0.1) is 0 Å². The maximum absolute atomic E-state index is 2.44. The Hall–Kier alpha value is -0.563. The van der Waals surface area contributed by atoms with Gasteiger partial charge in [-0.3, -0.25) is 0 Å². The average Bonchev–Trinajstić information content (AvgIpc) is 2.24. The van der Waals surface area contributed by atoms with Crippen LogP contribution in [0.15, 0.2) is 24.3 Å². The zero-order valence-electron chi connectivity index (χ0n) is 11.3. The molecule has 0 spiro atoms. The summed E-state index contributed by atoms with van der Waals surface area (Å²) >= 11 is 0. The van der Waals surface area contributed by atoms with Crippen LogP contribution in [-0.4, -0.2) is 8.07 Å². The Morgan fingerprint density at radius 1 is 0.938 bits per heavy atom. The standard InChI is InChI=1S/C15H26Si/c1-5-6-7-8-11-14-12-9-10-13-15(14)16(2,3)4/h9-10,12-13H,5-8,11H2,1-4H3. The van der Waals surface area contributed by atoms with Gasteiger partial charge in [-0.2, -0.15) is 0 Å². The lowest BCUT2D eigenvalue weighted by molar-refractivity contribution is 0.668. The van der Waals surface area contributed by atoms with Crippen molar-refractivity contribution in [3.05, 3.63) is 29.8 Å². The van der Waals surface area contributed by atoms with E-state index in [1.165, 1.54) is 32.1 Å². The molecule has 1 rings (SSSR count). The fraction of sp³-hybridized carbons (Fsp3) is 0.600. The summed E-state index contributed by atoms with van der Waals surface area (Å²) in [6.45, 7) is 9.60. The maximum Gasteiger partial charge on any atom is 0.0779 e. The minimum absolute atomic E-state index is 1.15. The molecule has 1 heteroatoms. The SMILES string of the molecule is CCCCCCc1ccccc1[Si](C)(C)C. The Morgan fingerprint density at radius 2 is 1.62 bits per heavy atom. The molecule has 0 aliphatic heterocycles. The lowest BCUT2D eigenvalue weighted by atomic mass is 10.1. The highest BCUT2D eigenvalue weighted by Crippen LogP contribution is 2.11. The Bertz CT molecular complexity index is 309. The van der Waals surface area contributed by atoms with Crippen LogP contribution in [-0.2, 0) is 6.42 Å². The number of hydrogen-bond donors (Lipinski definition) is 0. The molecule has 0 nitrogen and oxygen atoms in total. The van der Waals surface area contributed by atoms with Gasteiger partial charge < -0.3 is 0 Å². The summed E-state index contributed by atoms with van der Waals surface area (Å²) in [4.78, 5) is 0. The Balaban J connectivity index is 2.65. The third kappa shape index (κ3) is 4.13. The summed E-state index contributed by atoms with van der Waals surface area (Å²) in [6.07, 6.45) is 6.73. The second kappa shape index (κ2) is 6.24. The van der Waals surface area contributed by atoms with Crippen molar-refractivity contribution in [3.8, 4) is 0 Å². The molecule has 0 bridgehead atoms. The number of hydrogen-bond acceptors (Lipinski definition) is 0. The molecule has 1 aromatic rings. The van der Waals surface area contributed by atoms with Crippen molar-refractivity contribution in [1.29, 1.82) is 0 Å². The van der Waals surface area contributed by atoms with Gasteiger partial charge in [-0.05, 0) is 18.4 Å². The molecule has 0 heterocycles. The molecule has 0 aliphatic rings. The number of benzene rings is 1. The zero-order valence-corrected chi connectivity index (χ0v) is 12.3. The molecule has 0 saturated carbocycles. The van der Waals surface area contributed by atoms with Crippen molar-refractivity contribution in [2.75, 3.05) is 0 Å². The van der Waals surface area contributed by atoms with E-state index in [0.717, 1.165) is 0 Å². The van der Waals surface area contributed by atoms with Crippen molar-refractivity contribution in [3.63, 3.8) is 0 Å². The van der Waals surface area contributed by atoms with Gasteiger partial charge >= 0.3 is 0 Å². The lowest BCUT2D eigenvalue weighted by Crippen LogP contribution is -2.40. The largest absolute Gasteiger partial charge is 0.0779 e. The molecular weight excluding hydrogens is 208 g/mol. The fourth-order valence-electron chi connectivity index (χ4n) is 2.21. The summed E-state index contributed by atoms with van der Waals surface area (Å²) in [7, 11) is -1.15. The molecule has 0 saturated heterocycles. The van der Waals surface area contributed by atoms with Crippen LogP contribution in [0.5, 0.6) is 0 Å². The van der Waals surface area contributed by atoms with E-state index in [0.29, 0.717) is 0 Å². The molecule has 0 N–H and O–H groups in total. The van der Waals surface area contributed by atoms with E-state index in [9.17, 15) is 0 Å². The quantitative estimate of drug-likeness (QED) is 0.507. The molecule has 90 valence electrons. The average molecular weight is 234 g/mol. The van der Waals surface area contributed by atoms with Gasteiger partial charge in [0, 0.05) is 0 Å². The van der Waals surface area contributed by atoms with E-state index in [1.807, 2.05) is 0 Å². The second-order valence-electron chi connectivity index (χ2n) is 5.72. The fourth-order valence-corrected chi connectivity index (χ4v) is 3.98. The molecular formula is C15H26Si. The van der Waals surface area contributed by atoms with Crippen molar-refractivity contribution in [2.24, 2.45) is 0 Å². The van der Waals surface area contributed by atoms with E-state index in [4.69, 9.17) is 0 Å². The van der Waals surface area contributed by atoms with E-state index in [2.05, 4.69) is 50.8 Å². The van der Waals surface area contributed by atoms with Crippen LogP contribution in [0.2, 0.25) is 19.6 Å². The van der Waals surface area contributed by atoms with Gasteiger partial charge in [-0.15, -0.1) is 0 Å². The molecule has 0 fully saturated rings. The van der Waals surface area contributed by atoms with Crippen molar-refractivity contribution in [2.45, 2.75) is 58.7 Å². The summed E-state index contributed by atoms with van der Waals surface area (Å²) in [5.74, 6) is 0. The highest BCUT2D eigenvalue weighted by Gasteiger charge is 2.18. The third-order valence-electron chi connectivity index (χ3n) is 3.13. The van der Waals surface area contributed by atoms with Crippen LogP contribution in [0.25, 0.3) is 0 Å². The van der Waals surface area contributed by atoms with Gasteiger partial charge in [0.2, 0.25) is 0 Å². The first kappa shape index (κ1) is 13.5. The summed E-state index contributed by atoms with van der Waals surface area (Å²) in [6, 6.07) is 9.07. The van der Waals surface area contributed by atoms with Gasteiger partial charge in [0.25, 0.3) is 0 Å². The molecule has 0 unspecified atom stereocenters. The van der Waals surface area contributed by atoms with Gasteiger partial charge in [0.1, 0.15) is 0 Å². The van der Waals surface area contributed by atoms with Gasteiger partial charge in [-0.1, -0.05) is 75.3 Å². The van der Waals surface area contributed by atoms with Crippen LogP contribution in [0.1, 0.15) is 38.2 Å². The predicted octanol–water partition coefficient (Wildman–Crippen LogP) is 4.35. The molecule has 0 aliphatic carbocycles. The Morgan fingerprint density at radius 3 is 2.25 bits per heavy atom. The Kier molecular flexibility index (Phi) is 5.27. The third-order valence-corrected chi connectivity index (χ3v) is 5.23. The van der Waals surface area contributed by atoms with E-state index < -0.39 is 8.07 Å². The first-order valence-corrected chi connectivity index (χ1v) is 10.1. The predicted molar refractivity (Wildman–Crippen MR) is 77.3 cm³/mol. The van der Waals surface area contributed by atoms with Crippen molar-refractivity contribution >= 4 is 13.3 Å². The second-order valence-corrected chi connectivity index (χ2v) is 10.8. The van der Waals surface area contributed by atoms with Crippen LogP contribution in [0.4, 0.5) is 0 Å². The first-order chi connectivity index (χ1) is 7.55. The van der Waals surface area contributed by atoms with Crippen molar-refractivity contribution < 1.29 is 0 Å². The number of unbranched alkanes of at least 4 members (excludes halogenated alkanes) is 3. The van der Waals surface area contributed by atoms with E-state index in [1.54, 1.807) is 10.8 Å². The zero-order chi connectivity index (χ0) is 12.0. The summed E-state index contributed by atoms with van der Waals surface area (Å²) in [5.41, 5.74) is 1.61. The first-order valence-electron chi connectivity index (χ1n) is 6.64. The van der Waals surface area contributed by atoms with E-state index >= 15 is 0 Å². The van der Waals surface area contributed by atoms with Crippen molar-refractivity contribution in [1.82, 2.24) is 0 Å². The van der Waals surface area contributed by atoms with Crippen LogP contribution in [0.3, 0.4) is 0 Å². The van der Waals surface area contributed by atoms with Crippen LogP contribution >= 0.6 is 0 Å². The normalized spacial score (nSPS) is 11.8. The van der Waals surface area contributed by atoms with E-state index in [-0.39, 0.29) is 0 Å². The molecule has 16 heavy (non-hydrogen) atoms. The summed E-state index contributed by atoms with van der Waals surface area (Å²) in [5, 5.41) is 1.66. The molecule has 0 aromatic heterocycles. The van der Waals surface area contributed by atoms with Gasteiger partial charge in [-0.25, -0.2) is 0 Å². The number of rotatable bonds is 6. The Labute approximate surface area is 102 Å². The van der Waals surface area contributed by atoms with Gasteiger partial charge in [0.15, 0.2) is 0 Å². The highest BCUT2D eigenvalue weighted by molar-refractivity contribution is 6.89. The van der Waals surface area contributed by atoms with Crippen LogP contribution < -0.4 is 5.19 Å².